The summed E-state index contributed by atoms with van der Waals surface area (Å²) in [6, 6.07) is 60.0. The molecule has 11 rings (SSSR count). The van der Waals surface area contributed by atoms with Gasteiger partial charge in [-0.1, -0.05) is 95.3 Å². The van der Waals surface area contributed by atoms with Crippen LogP contribution in [0.5, 0.6) is 0 Å². The van der Waals surface area contributed by atoms with Gasteiger partial charge in [-0.25, -0.2) is 0 Å². The highest BCUT2D eigenvalue weighted by atomic mass is 15.1. The van der Waals surface area contributed by atoms with E-state index in [1.807, 2.05) is 0 Å². The van der Waals surface area contributed by atoms with Crippen molar-refractivity contribution in [2.45, 2.75) is 79.1 Å². The lowest BCUT2D eigenvalue weighted by Gasteiger charge is -2.28. The number of anilines is 6. The second kappa shape index (κ2) is 13.7. The van der Waals surface area contributed by atoms with E-state index in [4.69, 9.17) is 0 Å². The van der Waals surface area contributed by atoms with Crippen molar-refractivity contribution in [2.75, 3.05) is 9.80 Å². The van der Waals surface area contributed by atoms with E-state index in [0.29, 0.717) is 0 Å². The Balaban J connectivity index is 0.991. The van der Waals surface area contributed by atoms with E-state index < -0.39 is 0 Å². The van der Waals surface area contributed by atoms with Gasteiger partial charge in [0.1, 0.15) is 0 Å². The molecule has 8 aromatic rings. The smallest absolute Gasteiger partial charge is 0.0465 e. The van der Waals surface area contributed by atoms with Gasteiger partial charge in [-0.05, 0) is 214 Å². The zero-order valence-corrected chi connectivity index (χ0v) is 37.5. The van der Waals surface area contributed by atoms with Crippen LogP contribution in [0.4, 0.5) is 34.1 Å². The van der Waals surface area contributed by atoms with Crippen LogP contribution in [0.15, 0.2) is 158 Å². The Morgan fingerprint density at radius 2 is 0.661 bits per heavy atom. The first kappa shape index (κ1) is 38.3. The van der Waals surface area contributed by atoms with Crippen LogP contribution in [-0.2, 0) is 10.8 Å². The van der Waals surface area contributed by atoms with Gasteiger partial charge in [0.05, 0.1) is 0 Å². The molecule has 0 aromatic heterocycles. The van der Waals surface area contributed by atoms with Crippen LogP contribution in [0.1, 0.15) is 96.2 Å². The summed E-state index contributed by atoms with van der Waals surface area (Å²) in [6.45, 7) is 20.8. The molecule has 1 unspecified atom stereocenters. The molecule has 1 atom stereocenters. The monoisotopic (exact) mass is 802 g/mol. The topological polar surface area (TPSA) is 6.48 Å². The molecule has 2 heteroatoms. The molecule has 3 aliphatic carbocycles. The first-order valence-electron chi connectivity index (χ1n) is 22.3. The van der Waals surface area contributed by atoms with Crippen LogP contribution in [0.2, 0.25) is 0 Å². The van der Waals surface area contributed by atoms with E-state index in [-0.39, 0.29) is 16.7 Å². The van der Waals surface area contributed by atoms with Crippen molar-refractivity contribution >= 4 is 34.1 Å². The van der Waals surface area contributed by atoms with Crippen LogP contribution in [-0.4, -0.2) is 0 Å². The quantitative estimate of drug-likeness (QED) is 0.165. The standard InChI is InChI=1S/C60H54N2/c1-36-14-10-18-41(26-36)61(42-19-11-15-37(2)27-42)45-22-24-47-49(30-45)40(5)50-32-52-54-35-57-53(34-58(54)60(8,9)56(52)33-51(47)50)48-25-23-46(31-55(48)59(57,6)7)62(43-20-12-16-38(3)28-43)44-21-13-17-39(4)29-44/h10-35,40H,1-9H3. The molecule has 8 aromatic carbocycles. The lowest BCUT2D eigenvalue weighted by atomic mass is 9.79. The fourth-order valence-electron chi connectivity index (χ4n) is 11.2. The first-order valence-corrected chi connectivity index (χ1v) is 22.3. The van der Waals surface area contributed by atoms with Crippen molar-refractivity contribution in [1.82, 2.24) is 0 Å². The van der Waals surface area contributed by atoms with Crippen molar-refractivity contribution < 1.29 is 0 Å². The molecule has 304 valence electrons. The van der Waals surface area contributed by atoms with Gasteiger partial charge in [-0.3, -0.25) is 0 Å². The van der Waals surface area contributed by atoms with E-state index in [1.165, 1.54) is 123 Å². The van der Waals surface area contributed by atoms with Gasteiger partial charge in [0.2, 0.25) is 0 Å². The zero-order chi connectivity index (χ0) is 42.8. The maximum Gasteiger partial charge on any atom is 0.0465 e. The third-order valence-electron chi connectivity index (χ3n) is 14.4. The molecule has 0 amide bonds. The van der Waals surface area contributed by atoms with Crippen molar-refractivity contribution in [2.24, 2.45) is 0 Å². The normalized spacial score (nSPS) is 15.6. The van der Waals surface area contributed by atoms with Gasteiger partial charge in [0, 0.05) is 50.9 Å². The third kappa shape index (κ3) is 5.76. The number of hydrogen-bond donors (Lipinski definition) is 0. The molecule has 0 radical (unpaired) electrons. The van der Waals surface area contributed by atoms with Gasteiger partial charge >= 0.3 is 0 Å². The molecule has 0 spiro atoms. The molecule has 62 heavy (non-hydrogen) atoms. The molecule has 3 aliphatic rings. The number of nitrogens with zero attached hydrogens (tertiary/aromatic N) is 2. The van der Waals surface area contributed by atoms with Crippen molar-refractivity contribution in [3.8, 4) is 33.4 Å². The maximum absolute atomic E-state index is 2.57. The van der Waals surface area contributed by atoms with Crippen molar-refractivity contribution in [3.05, 3.63) is 213 Å². The molecule has 0 fully saturated rings. The molecule has 0 aliphatic heterocycles. The average molecular weight is 803 g/mol. The number of hydrogen-bond acceptors (Lipinski definition) is 2. The second-order valence-electron chi connectivity index (χ2n) is 19.4. The highest BCUT2D eigenvalue weighted by Gasteiger charge is 2.43. The van der Waals surface area contributed by atoms with Crippen LogP contribution in [0.3, 0.4) is 0 Å². The predicted molar refractivity (Wildman–Crippen MR) is 263 cm³/mol. The zero-order valence-electron chi connectivity index (χ0n) is 37.5. The number of benzene rings is 8. The summed E-state index contributed by atoms with van der Waals surface area (Å²) >= 11 is 0. The van der Waals surface area contributed by atoms with E-state index in [0.717, 1.165) is 0 Å². The summed E-state index contributed by atoms with van der Waals surface area (Å²) in [5, 5.41) is 0. The number of rotatable bonds is 6. The summed E-state index contributed by atoms with van der Waals surface area (Å²) in [4.78, 5) is 4.84. The van der Waals surface area contributed by atoms with Gasteiger partial charge < -0.3 is 9.80 Å². The number of fused-ring (bicyclic) bond motifs is 9. The predicted octanol–water partition coefficient (Wildman–Crippen LogP) is 16.6. The molecule has 0 heterocycles. The lowest BCUT2D eigenvalue weighted by Crippen LogP contribution is -2.17. The largest absolute Gasteiger partial charge is 0.310 e. The summed E-state index contributed by atoms with van der Waals surface area (Å²) < 4.78 is 0. The van der Waals surface area contributed by atoms with Crippen LogP contribution in [0, 0.1) is 27.7 Å². The Kier molecular flexibility index (Phi) is 8.45. The summed E-state index contributed by atoms with van der Waals surface area (Å²) in [7, 11) is 0. The van der Waals surface area contributed by atoms with Crippen molar-refractivity contribution in [3.63, 3.8) is 0 Å². The lowest BCUT2D eigenvalue weighted by molar-refractivity contribution is 0.652. The van der Waals surface area contributed by atoms with Gasteiger partial charge in [-0.2, -0.15) is 0 Å². The van der Waals surface area contributed by atoms with Crippen molar-refractivity contribution in [1.29, 1.82) is 0 Å². The molecular weight excluding hydrogens is 749 g/mol. The summed E-state index contributed by atoms with van der Waals surface area (Å²) in [5.41, 5.74) is 28.5. The SMILES string of the molecule is Cc1cccc(N(c2cccc(C)c2)c2ccc3c(c2)C(C)c2cc4c(cc2-3)C(C)(C)c2cc3c(cc2-4)C(C)(C)c2cc(N(c4cccc(C)c4)c4cccc(C)c4)ccc2-3)c1. The van der Waals surface area contributed by atoms with Crippen LogP contribution < -0.4 is 9.80 Å². The summed E-state index contributed by atoms with van der Waals surface area (Å²) in [5.74, 6) is 0.271. The summed E-state index contributed by atoms with van der Waals surface area (Å²) in [6.07, 6.45) is 0. The van der Waals surface area contributed by atoms with Gasteiger partial charge in [0.15, 0.2) is 0 Å². The molecule has 0 bridgehead atoms. The van der Waals surface area contributed by atoms with E-state index >= 15 is 0 Å². The first-order chi connectivity index (χ1) is 29.8. The Bertz CT molecular complexity index is 3070. The minimum atomic E-state index is -0.176. The van der Waals surface area contributed by atoms with Gasteiger partial charge in [-0.15, -0.1) is 0 Å². The van der Waals surface area contributed by atoms with Gasteiger partial charge in [0.25, 0.3) is 0 Å². The van der Waals surface area contributed by atoms with Crippen LogP contribution >= 0.6 is 0 Å². The fraction of sp³-hybridized carbons (Fsp3) is 0.200. The number of aryl methyl sites for hydroxylation is 4. The van der Waals surface area contributed by atoms with E-state index in [9.17, 15) is 0 Å². The molecular formula is C60H54N2. The molecule has 2 nitrogen and oxygen atoms in total. The fourth-order valence-corrected chi connectivity index (χ4v) is 11.2. The Hall–Kier alpha value is -6.64. The molecule has 0 saturated heterocycles. The highest BCUT2D eigenvalue weighted by Crippen LogP contribution is 2.59. The van der Waals surface area contributed by atoms with E-state index in [2.05, 4.69) is 230 Å². The average Bonchev–Trinajstić information content (AvgIpc) is 3.74. The third-order valence-corrected chi connectivity index (χ3v) is 14.4. The molecule has 0 saturated carbocycles. The minimum absolute atomic E-state index is 0.145. The maximum atomic E-state index is 2.57. The minimum Gasteiger partial charge on any atom is -0.310 e. The van der Waals surface area contributed by atoms with Crippen LogP contribution in [0.25, 0.3) is 33.4 Å². The Labute approximate surface area is 368 Å². The Morgan fingerprint density at radius 1 is 0.323 bits per heavy atom. The van der Waals surface area contributed by atoms with E-state index in [1.54, 1.807) is 0 Å². The highest BCUT2D eigenvalue weighted by molar-refractivity contribution is 5.94. The second-order valence-corrected chi connectivity index (χ2v) is 19.4. The Morgan fingerprint density at radius 3 is 1.11 bits per heavy atom. The molecule has 0 N–H and O–H groups in total.